The first-order chi connectivity index (χ1) is 17.7. The van der Waals surface area contributed by atoms with Gasteiger partial charge in [-0.25, -0.2) is 9.78 Å². The largest absolute Gasteiger partial charge is 0.496 e. The van der Waals surface area contributed by atoms with Crippen LogP contribution >= 0.6 is 34.5 Å². The zero-order valence-electron chi connectivity index (χ0n) is 20.8. The highest BCUT2D eigenvalue weighted by molar-refractivity contribution is 7.14. The Morgan fingerprint density at radius 1 is 1.19 bits per heavy atom. The van der Waals surface area contributed by atoms with E-state index in [1.807, 2.05) is 23.6 Å². The smallest absolute Gasteiger partial charge is 0.331 e. The SMILES string of the molecule is CCCCOCCc1cccc(-c2csc(NC(=O)c3cc(Cl)c(C=C(C)C(=O)O)c(Cl)c3)n2)c1OC. The molecule has 0 spiro atoms. The van der Waals surface area contributed by atoms with E-state index >= 15 is 0 Å². The van der Waals surface area contributed by atoms with Crippen LogP contribution in [0.1, 0.15) is 48.2 Å². The molecule has 0 aliphatic carbocycles. The number of aliphatic carboxylic acids is 1. The molecule has 0 fully saturated rings. The van der Waals surface area contributed by atoms with Gasteiger partial charge in [-0.15, -0.1) is 11.3 Å². The molecule has 2 N–H and O–H groups in total. The highest BCUT2D eigenvalue weighted by atomic mass is 35.5. The number of carboxylic acid groups (broad SMARTS) is 1. The number of carbonyl (C=O) groups excluding carboxylic acids is 1. The molecule has 7 nitrogen and oxygen atoms in total. The van der Waals surface area contributed by atoms with Crippen LogP contribution < -0.4 is 10.1 Å². The molecular weight excluding hydrogens is 535 g/mol. The Kier molecular flexibility index (Phi) is 10.5. The number of aromatic nitrogens is 1. The molecule has 2 aromatic carbocycles. The first-order valence-corrected chi connectivity index (χ1v) is 13.3. The molecule has 0 saturated carbocycles. The van der Waals surface area contributed by atoms with Gasteiger partial charge in [0.15, 0.2) is 5.13 Å². The van der Waals surface area contributed by atoms with Crippen LogP contribution in [0.4, 0.5) is 5.13 Å². The lowest BCUT2D eigenvalue weighted by Gasteiger charge is -2.12. The van der Waals surface area contributed by atoms with Crippen molar-refractivity contribution in [2.75, 3.05) is 25.6 Å². The van der Waals surface area contributed by atoms with Crippen LogP contribution in [0.3, 0.4) is 0 Å². The standard InChI is InChI=1S/C27H28Cl2N2O5S/c1-4-5-10-36-11-9-17-7-6-8-19(24(17)35-3)23-15-37-27(30-23)31-25(32)18-13-21(28)20(22(29)14-18)12-16(2)26(33)34/h6-8,12-15H,4-5,9-11H2,1-3H3,(H,33,34)(H,30,31,32). The van der Waals surface area contributed by atoms with Crippen molar-refractivity contribution in [1.82, 2.24) is 4.98 Å². The van der Waals surface area contributed by atoms with Crippen molar-refractivity contribution >= 4 is 57.6 Å². The van der Waals surface area contributed by atoms with Crippen molar-refractivity contribution in [3.63, 3.8) is 0 Å². The van der Waals surface area contributed by atoms with Gasteiger partial charge in [0.1, 0.15) is 5.75 Å². The molecule has 0 aliphatic heterocycles. The number of unbranched alkanes of at least 4 members (excludes halogenated alkanes) is 1. The second-order valence-electron chi connectivity index (χ2n) is 8.19. The minimum absolute atomic E-state index is 0.0693. The zero-order chi connectivity index (χ0) is 26.9. The van der Waals surface area contributed by atoms with Crippen LogP contribution in [0, 0.1) is 0 Å². The van der Waals surface area contributed by atoms with Crippen molar-refractivity contribution < 1.29 is 24.2 Å². The van der Waals surface area contributed by atoms with Gasteiger partial charge in [-0.3, -0.25) is 10.1 Å². The van der Waals surface area contributed by atoms with E-state index in [0.29, 0.717) is 29.4 Å². The predicted molar refractivity (Wildman–Crippen MR) is 149 cm³/mol. The molecule has 196 valence electrons. The molecule has 1 aromatic heterocycles. The van der Waals surface area contributed by atoms with E-state index in [0.717, 1.165) is 36.3 Å². The summed E-state index contributed by atoms with van der Waals surface area (Å²) in [5, 5.41) is 14.4. The fourth-order valence-corrected chi connectivity index (χ4v) is 4.81. The van der Waals surface area contributed by atoms with Gasteiger partial charge >= 0.3 is 5.97 Å². The third-order valence-corrected chi connectivity index (χ3v) is 6.88. The lowest BCUT2D eigenvalue weighted by atomic mass is 10.0. The summed E-state index contributed by atoms with van der Waals surface area (Å²) in [5.41, 5.74) is 3.14. The van der Waals surface area contributed by atoms with Crippen LogP contribution in [-0.4, -0.2) is 42.3 Å². The van der Waals surface area contributed by atoms with Crippen LogP contribution in [0.15, 0.2) is 41.3 Å². The Balaban J connectivity index is 1.76. The summed E-state index contributed by atoms with van der Waals surface area (Å²) in [6.07, 6.45) is 4.21. The van der Waals surface area contributed by atoms with E-state index in [9.17, 15) is 9.59 Å². The highest BCUT2D eigenvalue weighted by Gasteiger charge is 2.17. The molecule has 0 unspecified atom stereocenters. The number of carbonyl (C=O) groups is 2. The summed E-state index contributed by atoms with van der Waals surface area (Å²) in [6, 6.07) is 8.75. The minimum atomic E-state index is -1.09. The molecule has 0 aliphatic rings. The Labute approximate surface area is 230 Å². The molecule has 1 amide bonds. The van der Waals surface area contributed by atoms with Crippen molar-refractivity contribution in [2.24, 2.45) is 0 Å². The number of methoxy groups -OCH3 is 1. The number of hydrogen-bond acceptors (Lipinski definition) is 6. The number of carboxylic acids is 1. The fraction of sp³-hybridized carbons (Fsp3) is 0.296. The monoisotopic (exact) mass is 562 g/mol. The number of benzene rings is 2. The average molecular weight is 564 g/mol. The lowest BCUT2D eigenvalue weighted by molar-refractivity contribution is -0.132. The van der Waals surface area contributed by atoms with Gasteiger partial charge in [-0.2, -0.15) is 0 Å². The fourth-order valence-electron chi connectivity index (χ4n) is 3.51. The van der Waals surface area contributed by atoms with Gasteiger partial charge in [-0.1, -0.05) is 48.7 Å². The first kappa shape index (κ1) is 28.7. The van der Waals surface area contributed by atoms with E-state index in [1.165, 1.54) is 36.5 Å². The van der Waals surface area contributed by atoms with E-state index in [-0.39, 0.29) is 21.2 Å². The maximum absolute atomic E-state index is 12.9. The first-order valence-electron chi connectivity index (χ1n) is 11.7. The quantitative estimate of drug-likeness (QED) is 0.178. The van der Waals surface area contributed by atoms with Crippen LogP contribution in [0.5, 0.6) is 5.75 Å². The number of hydrogen-bond donors (Lipinski definition) is 2. The van der Waals surface area contributed by atoms with Crippen molar-refractivity contribution in [2.45, 2.75) is 33.1 Å². The molecule has 1 heterocycles. The van der Waals surface area contributed by atoms with Crippen molar-refractivity contribution in [3.8, 4) is 17.0 Å². The molecule has 3 aromatic rings. The number of nitrogens with one attached hydrogen (secondary N) is 1. The number of halogens is 2. The number of thiazole rings is 1. The number of anilines is 1. The number of amides is 1. The van der Waals surface area contributed by atoms with E-state index in [2.05, 4.69) is 17.2 Å². The zero-order valence-corrected chi connectivity index (χ0v) is 23.1. The van der Waals surface area contributed by atoms with Gasteiger partial charge in [-0.05, 0) is 49.6 Å². The van der Waals surface area contributed by atoms with Gasteiger partial charge < -0.3 is 14.6 Å². The third kappa shape index (κ3) is 7.55. The number of rotatable bonds is 12. The topological polar surface area (TPSA) is 97.8 Å². The van der Waals surface area contributed by atoms with Crippen molar-refractivity contribution in [3.05, 3.63) is 68.0 Å². The molecule has 10 heteroatoms. The summed E-state index contributed by atoms with van der Waals surface area (Å²) in [4.78, 5) is 28.6. The minimum Gasteiger partial charge on any atom is -0.496 e. The summed E-state index contributed by atoms with van der Waals surface area (Å²) in [5.74, 6) is -0.806. The number of ether oxygens (including phenoxy) is 2. The van der Waals surface area contributed by atoms with Gasteiger partial charge in [0.25, 0.3) is 5.91 Å². The van der Waals surface area contributed by atoms with E-state index < -0.39 is 11.9 Å². The van der Waals surface area contributed by atoms with Gasteiger partial charge in [0.05, 0.1) is 29.5 Å². The maximum Gasteiger partial charge on any atom is 0.331 e. The second-order valence-corrected chi connectivity index (χ2v) is 9.86. The molecular formula is C27H28Cl2N2O5S. The summed E-state index contributed by atoms with van der Waals surface area (Å²) >= 11 is 13.9. The van der Waals surface area contributed by atoms with Crippen LogP contribution in [0.25, 0.3) is 17.3 Å². The predicted octanol–water partition coefficient (Wildman–Crippen LogP) is 7.22. The molecule has 0 saturated heterocycles. The van der Waals surface area contributed by atoms with Crippen LogP contribution in [-0.2, 0) is 16.0 Å². The Morgan fingerprint density at radius 3 is 2.57 bits per heavy atom. The summed E-state index contributed by atoms with van der Waals surface area (Å²) in [7, 11) is 1.62. The summed E-state index contributed by atoms with van der Waals surface area (Å²) < 4.78 is 11.4. The highest BCUT2D eigenvalue weighted by Crippen LogP contribution is 2.35. The Morgan fingerprint density at radius 2 is 1.92 bits per heavy atom. The summed E-state index contributed by atoms with van der Waals surface area (Å²) in [6.45, 7) is 4.91. The number of para-hydroxylation sites is 1. The lowest BCUT2D eigenvalue weighted by Crippen LogP contribution is -2.12. The number of nitrogens with zero attached hydrogens (tertiary/aromatic N) is 1. The Hall–Kier alpha value is -2.91. The molecule has 0 radical (unpaired) electrons. The third-order valence-electron chi connectivity index (χ3n) is 5.50. The molecule has 37 heavy (non-hydrogen) atoms. The Bertz CT molecular complexity index is 1280. The van der Waals surface area contributed by atoms with Crippen LogP contribution in [0.2, 0.25) is 10.0 Å². The molecule has 0 atom stereocenters. The normalized spacial score (nSPS) is 11.4. The van der Waals surface area contributed by atoms with Gasteiger partial charge in [0.2, 0.25) is 0 Å². The second kappa shape index (κ2) is 13.6. The average Bonchev–Trinajstić information content (AvgIpc) is 3.33. The molecule has 0 bridgehead atoms. The van der Waals surface area contributed by atoms with Crippen molar-refractivity contribution in [1.29, 1.82) is 0 Å². The molecule has 3 rings (SSSR count). The van der Waals surface area contributed by atoms with E-state index in [4.69, 9.17) is 37.8 Å². The van der Waals surface area contributed by atoms with E-state index in [1.54, 1.807) is 7.11 Å². The maximum atomic E-state index is 12.9. The van der Waals surface area contributed by atoms with Gasteiger partial charge in [0, 0.05) is 34.3 Å².